The van der Waals surface area contributed by atoms with Crippen LogP contribution in [0.25, 0.3) is 0 Å². The van der Waals surface area contributed by atoms with Gasteiger partial charge < -0.3 is 5.73 Å². The molecule has 18 heavy (non-hydrogen) atoms. The molecule has 0 radical (unpaired) electrons. The predicted octanol–water partition coefficient (Wildman–Crippen LogP) is 3.32. The lowest BCUT2D eigenvalue weighted by Gasteiger charge is -2.22. The summed E-state index contributed by atoms with van der Waals surface area (Å²) in [6.07, 6.45) is 2.84. The van der Waals surface area contributed by atoms with Gasteiger partial charge in [-0.25, -0.2) is 0 Å². The monoisotopic (exact) mass is 267 g/mol. The predicted molar refractivity (Wildman–Crippen MR) is 79.3 cm³/mol. The van der Waals surface area contributed by atoms with Crippen molar-refractivity contribution >= 4 is 10.8 Å². The van der Waals surface area contributed by atoms with Crippen LogP contribution in [-0.4, -0.2) is 15.5 Å². The molecule has 3 atom stereocenters. The third-order valence-electron chi connectivity index (χ3n) is 3.49. The summed E-state index contributed by atoms with van der Waals surface area (Å²) in [7, 11) is -0.996. The van der Waals surface area contributed by atoms with Gasteiger partial charge in [-0.3, -0.25) is 4.21 Å². The number of aryl methyl sites for hydroxylation is 2. The van der Waals surface area contributed by atoms with E-state index in [9.17, 15) is 4.21 Å². The summed E-state index contributed by atoms with van der Waals surface area (Å²) in [6, 6.07) is 6.08. The van der Waals surface area contributed by atoms with Gasteiger partial charge in [0.1, 0.15) is 0 Å². The summed E-state index contributed by atoms with van der Waals surface area (Å²) in [5.41, 5.74) is 8.58. The highest BCUT2D eigenvalue weighted by Gasteiger charge is 2.23. The molecule has 0 aliphatic rings. The largest absolute Gasteiger partial charge is 0.327 e. The molecular formula is C15H25NOS. The topological polar surface area (TPSA) is 43.1 Å². The normalized spacial score (nSPS) is 16.3. The van der Waals surface area contributed by atoms with E-state index in [4.69, 9.17) is 5.73 Å². The highest BCUT2D eigenvalue weighted by Crippen LogP contribution is 2.20. The second-order valence-electron chi connectivity index (χ2n) is 4.94. The maximum Gasteiger partial charge on any atom is 0.0576 e. The highest BCUT2D eigenvalue weighted by molar-refractivity contribution is 7.85. The fraction of sp³-hybridized carbons (Fsp3) is 0.600. The Balaban J connectivity index is 2.92. The van der Waals surface area contributed by atoms with Crippen molar-refractivity contribution in [2.75, 3.05) is 0 Å². The lowest BCUT2D eigenvalue weighted by molar-refractivity contribution is 0.550. The lowest BCUT2D eigenvalue weighted by atomic mass is 10.1. The van der Waals surface area contributed by atoms with Crippen LogP contribution in [0.1, 0.15) is 44.2 Å². The Morgan fingerprint density at radius 2 is 1.89 bits per heavy atom. The van der Waals surface area contributed by atoms with Crippen LogP contribution in [0.15, 0.2) is 23.1 Å². The molecule has 2 nitrogen and oxygen atoms in total. The van der Waals surface area contributed by atoms with Gasteiger partial charge in [-0.05, 0) is 49.9 Å². The van der Waals surface area contributed by atoms with E-state index in [1.807, 2.05) is 18.2 Å². The van der Waals surface area contributed by atoms with Gasteiger partial charge in [0, 0.05) is 10.9 Å². The average Bonchev–Trinajstić information content (AvgIpc) is 2.33. The number of hydrogen-bond acceptors (Lipinski definition) is 2. The Kier molecular flexibility index (Phi) is 6.03. The zero-order valence-corrected chi connectivity index (χ0v) is 12.7. The summed E-state index contributed by atoms with van der Waals surface area (Å²) in [5.74, 6) is 0. The maximum absolute atomic E-state index is 12.6. The van der Waals surface area contributed by atoms with E-state index < -0.39 is 10.8 Å². The van der Waals surface area contributed by atoms with E-state index in [-0.39, 0.29) is 11.3 Å². The fourth-order valence-corrected chi connectivity index (χ4v) is 3.75. The molecule has 0 amide bonds. The first kappa shape index (κ1) is 15.4. The molecule has 3 unspecified atom stereocenters. The number of benzene rings is 1. The second kappa shape index (κ2) is 7.05. The Morgan fingerprint density at radius 3 is 2.39 bits per heavy atom. The summed E-state index contributed by atoms with van der Waals surface area (Å²) < 4.78 is 12.6. The molecule has 0 saturated carbocycles. The van der Waals surface area contributed by atoms with Crippen LogP contribution >= 0.6 is 0 Å². The van der Waals surface area contributed by atoms with Crippen molar-refractivity contribution in [2.24, 2.45) is 5.73 Å². The van der Waals surface area contributed by atoms with Gasteiger partial charge in [0.15, 0.2) is 0 Å². The van der Waals surface area contributed by atoms with Gasteiger partial charge in [-0.15, -0.1) is 0 Å². The molecule has 0 bridgehead atoms. The Bertz CT molecular complexity index is 417. The van der Waals surface area contributed by atoms with Gasteiger partial charge in [0.2, 0.25) is 0 Å². The standard InChI is InChI=1S/C15H25NOS/c1-5-7-14(16)15(6-2)18(17)13-9-8-11(3)12(4)10-13/h8-10,14-15H,5-7,16H2,1-4H3. The first-order chi connectivity index (χ1) is 8.51. The molecule has 0 aromatic heterocycles. The minimum absolute atomic E-state index is 0.0300. The van der Waals surface area contributed by atoms with Gasteiger partial charge in [-0.2, -0.15) is 0 Å². The van der Waals surface area contributed by atoms with Gasteiger partial charge >= 0.3 is 0 Å². The zero-order chi connectivity index (χ0) is 13.7. The first-order valence-corrected chi connectivity index (χ1v) is 7.95. The van der Waals surface area contributed by atoms with E-state index in [1.54, 1.807) is 0 Å². The minimum Gasteiger partial charge on any atom is -0.327 e. The molecule has 0 heterocycles. The van der Waals surface area contributed by atoms with Crippen LogP contribution in [-0.2, 0) is 10.8 Å². The molecule has 0 aliphatic heterocycles. The highest BCUT2D eigenvalue weighted by atomic mass is 32.2. The van der Waals surface area contributed by atoms with E-state index in [2.05, 4.69) is 27.7 Å². The van der Waals surface area contributed by atoms with E-state index in [0.29, 0.717) is 0 Å². The van der Waals surface area contributed by atoms with Crippen LogP contribution in [0.4, 0.5) is 0 Å². The fourth-order valence-electron chi connectivity index (χ4n) is 2.15. The minimum atomic E-state index is -0.996. The quantitative estimate of drug-likeness (QED) is 0.859. The van der Waals surface area contributed by atoms with Gasteiger partial charge in [-0.1, -0.05) is 26.3 Å². The Labute approximate surface area is 113 Å². The van der Waals surface area contributed by atoms with Crippen LogP contribution in [0.3, 0.4) is 0 Å². The molecule has 0 spiro atoms. The van der Waals surface area contributed by atoms with Crippen molar-refractivity contribution in [3.8, 4) is 0 Å². The molecule has 1 aromatic carbocycles. The van der Waals surface area contributed by atoms with E-state index in [0.717, 1.165) is 24.2 Å². The summed E-state index contributed by atoms with van der Waals surface area (Å²) >= 11 is 0. The van der Waals surface area contributed by atoms with Crippen LogP contribution in [0.2, 0.25) is 0 Å². The third kappa shape index (κ3) is 3.66. The van der Waals surface area contributed by atoms with Crippen molar-refractivity contribution in [2.45, 2.75) is 63.1 Å². The number of hydrogen-bond donors (Lipinski definition) is 1. The second-order valence-corrected chi connectivity index (χ2v) is 6.61. The molecule has 102 valence electrons. The van der Waals surface area contributed by atoms with Crippen molar-refractivity contribution in [1.29, 1.82) is 0 Å². The average molecular weight is 267 g/mol. The van der Waals surface area contributed by atoms with Gasteiger partial charge in [0.25, 0.3) is 0 Å². The molecule has 0 fully saturated rings. The first-order valence-electron chi connectivity index (χ1n) is 6.74. The Morgan fingerprint density at radius 1 is 1.22 bits per heavy atom. The number of nitrogens with two attached hydrogens (primary N) is 1. The van der Waals surface area contributed by atoms with E-state index in [1.165, 1.54) is 11.1 Å². The third-order valence-corrected chi connectivity index (χ3v) is 5.44. The lowest BCUT2D eigenvalue weighted by Crippen LogP contribution is -2.37. The van der Waals surface area contributed by atoms with Crippen molar-refractivity contribution in [3.05, 3.63) is 29.3 Å². The smallest absolute Gasteiger partial charge is 0.0576 e. The molecule has 1 rings (SSSR count). The molecular weight excluding hydrogens is 242 g/mol. The molecule has 3 heteroatoms. The van der Waals surface area contributed by atoms with Crippen LogP contribution < -0.4 is 5.73 Å². The molecule has 1 aromatic rings. The van der Waals surface area contributed by atoms with Crippen molar-refractivity contribution in [1.82, 2.24) is 0 Å². The van der Waals surface area contributed by atoms with Crippen molar-refractivity contribution in [3.63, 3.8) is 0 Å². The molecule has 0 aliphatic carbocycles. The summed E-state index contributed by atoms with van der Waals surface area (Å²) in [6.45, 7) is 8.32. The van der Waals surface area contributed by atoms with Gasteiger partial charge in [0.05, 0.1) is 16.0 Å². The van der Waals surface area contributed by atoms with Crippen LogP contribution in [0, 0.1) is 13.8 Å². The molecule has 0 saturated heterocycles. The van der Waals surface area contributed by atoms with Crippen LogP contribution in [0.5, 0.6) is 0 Å². The summed E-state index contributed by atoms with van der Waals surface area (Å²) in [4.78, 5) is 0.913. The Hall–Kier alpha value is -0.670. The summed E-state index contributed by atoms with van der Waals surface area (Å²) in [5, 5.41) is 0.0621. The SMILES string of the molecule is CCCC(N)C(CC)S(=O)c1ccc(C)c(C)c1. The van der Waals surface area contributed by atoms with E-state index >= 15 is 0 Å². The maximum atomic E-state index is 12.6. The number of rotatable bonds is 6. The van der Waals surface area contributed by atoms with Crippen molar-refractivity contribution < 1.29 is 4.21 Å². The zero-order valence-electron chi connectivity index (χ0n) is 11.9. The molecule has 2 N–H and O–H groups in total.